The Morgan fingerprint density at radius 2 is 2.11 bits per heavy atom. The molecule has 1 nitrogen and oxygen atoms in total. The lowest BCUT2D eigenvalue weighted by atomic mass is 10.2. The SMILES string of the molecule is CC=C(C=O)C=C(C)F. The molecule has 0 aromatic carbocycles. The summed E-state index contributed by atoms with van der Waals surface area (Å²) in [7, 11) is 0. The Labute approximate surface area is 53.9 Å². The van der Waals surface area contributed by atoms with E-state index in [9.17, 15) is 9.18 Å². The Hall–Kier alpha value is -0.920. The number of carbonyl (C=O) groups is 1. The molecule has 0 radical (unpaired) electrons. The predicted molar refractivity (Wildman–Crippen MR) is 34.7 cm³/mol. The Morgan fingerprint density at radius 3 is 2.22 bits per heavy atom. The van der Waals surface area contributed by atoms with Crippen LogP contribution in [0.25, 0.3) is 0 Å². The van der Waals surface area contributed by atoms with Crippen molar-refractivity contribution in [3.63, 3.8) is 0 Å². The van der Waals surface area contributed by atoms with Gasteiger partial charge in [0.2, 0.25) is 0 Å². The number of aldehydes is 1. The highest BCUT2D eigenvalue weighted by molar-refractivity contribution is 5.77. The van der Waals surface area contributed by atoms with Crippen LogP contribution in [0.2, 0.25) is 0 Å². The average Bonchev–Trinajstić information content (AvgIpc) is 1.82. The molecule has 0 heterocycles. The molecule has 0 aliphatic rings. The van der Waals surface area contributed by atoms with Crippen LogP contribution in [0, 0.1) is 0 Å². The third-order valence-electron chi connectivity index (χ3n) is 0.835. The number of carbonyl (C=O) groups excluding carboxylic acids is 1. The van der Waals surface area contributed by atoms with Gasteiger partial charge in [-0.3, -0.25) is 4.79 Å². The van der Waals surface area contributed by atoms with Crippen molar-refractivity contribution >= 4 is 6.29 Å². The summed E-state index contributed by atoms with van der Waals surface area (Å²) in [4.78, 5) is 9.99. The summed E-state index contributed by atoms with van der Waals surface area (Å²) in [6.45, 7) is 2.98. The number of hydrogen-bond donors (Lipinski definition) is 0. The first kappa shape index (κ1) is 8.08. The highest BCUT2D eigenvalue weighted by Crippen LogP contribution is 1.99. The van der Waals surface area contributed by atoms with E-state index in [0.717, 1.165) is 0 Å². The number of rotatable bonds is 2. The van der Waals surface area contributed by atoms with Gasteiger partial charge in [-0.05, 0) is 19.9 Å². The third-order valence-corrected chi connectivity index (χ3v) is 0.835. The fourth-order valence-electron chi connectivity index (χ4n) is 0.415. The Kier molecular flexibility index (Phi) is 3.60. The molecule has 0 amide bonds. The third kappa shape index (κ3) is 3.64. The summed E-state index contributed by atoms with van der Waals surface area (Å²) in [5.74, 6) is -0.352. The summed E-state index contributed by atoms with van der Waals surface area (Å²) in [6.07, 6.45) is 3.35. The van der Waals surface area contributed by atoms with Gasteiger partial charge in [-0.25, -0.2) is 4.39 Å². The van der Waals surface area contributed by atoms with Crippen molar-refractivity contribution in [3.8, 4) is 0 Å². The summed E-state index contributed by atoms with van der Waals surface area (Å²) in [5.41, 5.74) is 0.370. The van der Waals surface area contributed by atoms with Crippen molar-refractivity contribution in [2.75, 3.05) is 0 Å². The van der Waals surface area contributed by atoms with Gasteiger partial charge in [-0.1, -0.05) is 6.08 Å². The maximum Gasteiger partial charge on any atom is 0.149 e. The van der Waals surface area contributed by atoms with Crippen LogP contribution in [0.5, 0.6) is 0 Å². The molecular weight excluding hydrogens is 119 g/mol. The first-order valence-corrected chi connectivity index (χ1v) is 2.66. The number of hydrogen-bond acceptors (Lipinski definition) is 1. The molecule has 0 N–H and O–H groups in total. The lowest BCUT2D eigenvalue weighted by molar-refractivity contribution is -0.104. The molecule has 0 unspecified atom stereocenters. The molecule has 0 aromatic rings. The normalized spacial score (nSPS) is 13.7. The van der Waals surface area contributed by atoms with E-state index < -0.39 is 0 Å². The predicted octanol–water partition coefficient (Wildman–Crippen LogP) is 2.00. The number of allylic oxidation sites excluding steroid dienone is 4. The van der Waals surface area contributed by atoms with Crippen LogP contribution in [0.15, 0.2) is 23.6 Å². The molecule has 0 aliphatic heterocycles. The molecule has 0 aromatic heterocycles. The van der Waals surface area contributed by atoms with Gasteiger partial charge in [0.1, 0.15) is 6.29 Å². The first-order chi connectivity index (χ1) is 4.20. The molecule has 50 valence electrons. The van der Waals surface area contributed by atoms with Crippen LogP contribution in [0.1, 0.15) is 13.8 Å². The van der Waals surface area contributed by atoms with Gasteiger partial charge in [0.25, 0.3) is 0 Å². The molecule has 0 rings (SSSR count). The van der Waals surface area contributed by atoms with Gasteiger partial charge in [-0.15, -0.1) is 0 Å². The smallest absolute Gasteiger partial charge is 0.149 e. The molecule has 0 bridgehead atoms. The molecule has 0 saturated heterocycles. The van der Waals surface area contributed by atoms with Gasteiger partial charge in [0.15, 0.2) is 0 Å². The average molecular weight is 128 g/mol. The van der Waals surface area contributed by atoms with E-state index in [0.29, 0.717) is 11.9 Å². The fraction of sp³-hybridized carbons (Fsp3) is 0.286. The minimum atomic E-state index is -0.352. The maximum atomic E-state index is 12.0. The largest absolute Gasteiger partial charge is 0.298 e. The Bertz CT molecular complexity index is 152. The van der Waals surface area contributed by atoms with E-state index in [1.165, 1.54) is 13.0 Å². The number of halogens is 1. The molecule has 2 heteroatoms. The lowest BCUT2D eigenvalue weighted by Crippen LogP contribution is -1.77. The second-order valence-electron chi connectivity index (χ2n) is 1.64. The highest BCUT2D eigenvalue weighted by Gasteiger charge is 1.87. The Balaban J connectivity index is 4.18. The molecular formula is C7H9FO. The molecule has 0 fully saturated rings. The monoisotopic (exact) mass is 128 g/mol. The first-order valence-electron chi connectivity index (χ1n) is 2.66. The summed E-state index contributed by atoms with van der Waals surface area (Å²) >= 11 is 0. The van der Waals surface area contributed by atoms with Crippen molar-refractivity contribution in [2.45, 2.75) is 13.8 Å². The van der Waals surface area contributed by atoms with Gasteiger partial charge < -0.3 is 0 Å². The molecule has 0 spiro atoms. The van der Waals surface area contributed by atoms with Crippen molar-refractivity contribution < 1.29 is 9.18 Å². The van der Waals surface area contributed by atoms with Gasteiger partial charge in [0, 0.05) is 5.57 Å². The molecule has 0 saturated carbocycles. The summed E-state index contributed by atoms with van der Waals surface area (Å²) < 4.78 is 12.0. The van der Waals surface area contributed by atoms with E-state index in [2.05, 4.69) is 0 Å². The molecule has 0 atom stereocenters. The van der Waals surface area contributed by atoms with E-state index in [1.807, 2.05) is 0 Å². The standard InChI is InChI=1S/C7H9FO/c1-3-7(5-9)4-6(2)8/h3-5H,1-2H3. The zero-order valence-corrected chi connectivity index (χ0v) is 5.52. The van der Waals surface area contributed by atoms with Gasteiger partial charge in [0.05, 0.1) is 5.83 Å². The van der Waals surface area contributed by atoms with Crippen LogP contribution in [0.4, 0.5) is 4.39 Å². The van der Waals surface area contributed by atoms with Gasteiger partial charge >= 0.3 is 0 Å². The zero-order chi connectivity index (χ0) is 7.28. The van der Waals surface area contributed by atoms with E-state index in [1.54, 1.807) is 13.0 Å². The van der Waals surface area contributed by atoms with E-state index in [4.69, 9.17) is 0 Å². The highest BCUT2D eigenvalue weighted by atomic mass is 19.1. The molecule has 9 heavy (non-hydrogen) atoms. The van der Waals surface area contributed by atoms with Crippen molar-refractivity contribution in [1.29, 1.82) is 0 Å². The second-order valence-corrected chi connectivity index (χ2v) is 1.64. The fourth-order valence-corrected chi connectivity index (χ4v) is 0.415. The minimum Gasteiger partial charge on any atom is -0.298 e. The van der Waals surface area contributed by atoms with Crippen LogP contribution < -0.4 is 0 Å². The van der Waals surface area contributed by atoms with E-state index in [-0.39, 0.29) is 5.83 Å². The van der Waals surface area contributed by atoms with Crippen LogP contribution in [-0.4, -0.2) is 6.29 Å². The van der Waals surface area contributed by atoms with Crippen molar-refractivity contribution in [2.24, 2.45) is 0 Å². The lowest BCUT2D eigenvalue weighted by Gasteiger charge is -1.84. The minimum absolute atomic E-state index is 0.352. The maximum absolute atomic E-state index is 12.0. The quantitative estimate of drug-likeness (QED) is 0.316. The second kappa shape index (κ2) is 4.01. The van der Waals surface area contributed by atoms with Crippen molar-refractivity contribution in [1.82, 2.24) is 0 Å². The van der Waals surface area contributed by atoms with Crippen LogP contribution in [-0.2, 0) is 4.79 Å². The van der Waals surface area contributed by atoms with Crippen LogP contribution >= 0.6 is 0 Å². The topological polar surface area (TPSA) is 17.1 Å². The van der Waals surface area contributed by atoms with E-state index >= 15 is 0 Å². The van der Waals surface area contributed by atoms with Crippen molar-refractivity contribution in [3.05, 3.63) is 23.6 Å². The summed E-state index contributed by atoms with van der Waals surface area (Å²) in [5, 5.41) is 0. The molecule has 0 aliphatic carbocycles. The van der Waals surface area contributed by atoms with Crippen LogP contribution in [0.3, 0.4) is 0 Å². The Morgan fingerprint density at radius 1 is 1.56 bits per heavy atom. The summed E-state index contributed by atoms with van der Waals surface area (Å²) in [6, 6.07) is 0. The zero-order valence-electron chi connectivity index (χ0n) is 5.52. The van der Waals surface area contributed by atoms with Gasteiger partial charge in [-0.2, -0.15) is 0 Å².